The average molecular weight is 466 g/mol. The number of fused-ring (bicyclic) bond motifs is 3. The summed E-state index contributed by atoms with van der Waals surface area (Å²) in [7, 11) is 0. The van der Waals surface area contributed by atoms with Crippen molar-refractivity contribution in [3.8, 4) is 5.75 Å². The number of carbonyl (C=O) groups is 1. The topological polar surface area (TPSA) is 78.0 Å². The number of hydrogen-bond acceptors (Lipinski definition) is 3. The van der Waals surface area contributed by atoms with Crippen LogP contribution in [0.2, 0.25) is 5.02 Å². The number of allylic oxidation sites excluding steroid dienone is 2. The van der Waals surface area contributed by atoms with Crippen molar-refractivity contribution in [2.75, 3.05) is 13.2 Å². The third-order valence-corrected chi connectivity index (χ3v) is 6.49. The fraction of sp³-hybridized carbons (Fsp3) is 0.318. The van der Waals surface area contributed by atoms with Crippen LogP contribution in [0, 0.1) is 0 Å². The first kappa shape index (κ1) is 21.1. The molecule has 0 bridgehead atoms. The molecule has 28 heavy (non-hydrogen) atoms. The van der Waals surface area contributed by atoms with Crippen LogP contribution in [0.3, 0.4) is 0 Å². The van der Waals surface area contributed by atoms with E-state index in [1.807, 2.05) is 30.3 Å². The molecule has 2 aromatic carbocycles. The number of aliphatic hydroxyl groups excluding tert-OH is 1. The zero-order valence-corrected chi connectivity index (χ0v) is 18.1. The number of ketones is 1. The molecule has 0 aromatic heterocycles. The second-order valence-electron chi connectivity index (χ2n) is 7.51. The summed E-state index contributed by atoms with van der Waals surface area (Å²) in [6.07, 6.45) is 1.30. The highest BCUT2D eigenvalue weighted by Gasteiger charge is 2.43. The highest BCUT2D eigenvalue weighted by atomic mass is 79.9. The van der Waals surface area contributed by atoms with E-state index in [0.717, 1.165) is 38.7 Å². The third kappa shape index (κ3) is 3.11. The van der Waals surface area contributed by atoms with E-state index in [4.69, 9.17) is 21.4 Å². The Kier molecular flexibility index (Phi) is 5.74. The molecule has 148 valence electrons. The normalized spacial score (nSPS) is 16.2. The summed E-state index contributed by atoms with van der Waals surface area (Å²) in [4.78, 5) is 13.4. The molecule has 4 rings (SSSR count). The van der Waals surface area contributed by atoms with Crippen LogP contribution in [0.25, 0.3) is 5.57 Å². The highest BCUT2D eigenvalue weighted by Crippen LogP contribution is 2.52. The summed E-state index contributed by atoms with van der Waals surface area (Å²) < 4.78 is 6.55. The van der Waals surface area contributed by atoms with Gasteiger partial charge in [0.05, 0.1) is 11.1 Å². The number of rotatable bonds is 4. The first-order valence-corrected chi connectivity index (χ1v) is 10.2. The Balaban J connectivity index is 0.00000225. The third-order valence-electron chi connectivity index (χ3n) is 5.55. The van der Waals surface area contributed by atoms with Crippen LogP contribution in [0.15, 0.2) is 40.4 Å². The fourth-order valence-corrected chi connectivity index (χ4v) is 4.87. The molecule has 0 fully saturated rings. The molecule has 6 heteroatoms. The highest BCUT2D eigenvalue weighted by molar-refractivity contribution is 9.10. The minimum atomic E-state index is -0.309. The van der Waals surface area contributed by atoms with Crippen molar-refractivity contribution in [1.82, 2.24) is 0 Å². The zero-order valence-electron chi connectivity index (χ0n) is 15.7. The first-order valence-electron chi connectivity index (χ1n) is 9.00. The molecule has 3 N–H and O–H groups in total. The van der Waals surface area contributed by atoms with E-state index in [0.29, 0.717) is 29.4 Å². The molecule has 0 aliphatic heterocycles. The van der Waals surface area contributed by atoms with Gasteiger partial charge in [0.1, 0.15) is 5.75 Å². The number of halogens is 2. The van der Waals surface area contributed by atoms with Crippen LogP contribution in [0.4, 0.5) is 0 Å². The number of ether oxygens (including phenoxy) is 1. The van der Waals surface area contributed by atoms with Gasteiger partial charge in [0, 0.05) is 40.2 Å². The lowest BCUT2D eigenvalue weighted by molar-refractivity contribution is 0.105. The Morgan fingerprint density at radius 3 is 2.75 bits per heavy atom. The summed E-state index contributed by atoms with van der Waals surface area (Å²) in [6, 6.07) is 9.65. The molecule has 0 spiro atoms. The lowest BCUT2D eigenvalue weighted by Crippen LogP contribution is -2.30. The SMILES string of the molecule is CC1(C)C2=C(C(=O)c3cc(Br)c(OCCCO)cc31)c1c(Cl)cccc1C2.O. The minimum absolute atomic E-state index is 0. The monoisotopic (exact) mass is 464 g/mol. The largest absolute Gasteiger partial charge is 0.492 e. The van der Waals surface area contributed by atoms with Crippen LogP contribution in [-0.4, -0.2) is 29.6 Å². The van der Waals surface area contributed by atoms with Gasteiger partial charge >= 0.3 is 0 Å². The van der Waals surface area contributed by atoms with E-state index < -0.39 is 0 Å². The molecule has 2 aliphatic rings. The smallest absolute Gasteiger partial charge is 0.194 e. The summed E-state index contributed by atoms with van der Waals surface area (Å²) in [5.41, 5.74) is 5.22. The molecule has 0 radical (unpaired) electrons. The van der Waals surface area contributed by atoms with Crippen LogP contribution in [-0.2, 0) is 11.8 Å². The predicted molar refractivity (Wildman–Crippen MR) is 114 cm³/mol. The van der Waals surface area contributed by atoms with Crippen molar-refractivity contribution < 1.29 is 20.1 Å². The van der Waals surface area contributed by atoms with Gasteiger partial charge in [-0.15, -0.1) is 0 Å². The quantitative estimate of drug-likeness (QED) is 0.674. The van der Waals surface area contributed by atoms with Crippen molar-refractivity contribution in [3.63, 3.8) is 0 Å². The summed E-state index contributed by atoms with van der Waals surface area (Å²) in [6.45, 7) is 4.82. The molecule has 2 aromatic rings. The van der Waals surface area contributed by atoms with E-state index in [2.05, 4.69) is 29.8 Å². The molecular weight excluding hydrogens is 444 g/mol. The Morgan fingerprint density at radius 2 is 2.04 bits per heavy atom. The van der Waals surface area contributed by atoms with Gasteiger partial charge in [-0.25, -0.2) is 0 Å². The fourth-order valence-electron chi connectivity index (χ4n) is 4.12. The van der Waals surface area contributed by atoms with Gasteiger partial charge in [-0.1, -0.05) is 37.6 Å². The Labute approximate surface area is 177 Å². The molecule has 0 saturated carbocycles. The number of benzene rings is 2. The summed E-state index contributed by atoms with van der Waals surface area (Å²) in [5, 5.41) is 9.61. The van der Waals surface area contributed by atoms with Gasteiger partial charge < -0.3 is 15.3 Å². The summed E-state index contributed by atoms with van der Waals surface area (Å²) in [5.74, 6) is 0.717. The van der Waals surface area contributed by atoms with Crippen LogP contribution < -0.4 is 4.74 Å². The maximum absolute atomic E-state index is 13.4. The van der Waals surface area contributed by atoms with Gasteiger partial charge in [0.25, 0.3) is 0 Å². The Hall–Kier alpha value is -1.66. The number of hydrogen-bond donors (Lipinski definition) is 1. The van der Waals surface area contributed by atoms with Crippen molar-refractivity contribution in [2.24, 2.45) is 0 Å². The van der Waals surface area contributed by atoms with Gasteiger partial charge in [-0.05, 0) is 57.2 Å². The second kappa shape index (κ2) is 7.64. The van der Waals surface area contributed by atoms with Gasteiger partial charge in [0.15, 0.2) is 5.78 Å². The molecule has 0 unspecified atom stereocenters. The number of Topliss-reactive ketones (excluding diaryl/α,β-unsaturated/α-hetero) is 1. The van der Waals surface area contributed by atoms with Crippen molar-refractivity contribution in [1.29, 1.82) is 0 Å². The van der Waals surface area contributed by atoms with E-state index in [1.54, 1.807) is 0 Å². The van der Waals surface area contributed by atoms with Crippen LogP contribution >= 0.6 is 27.5 Å². The van der Waals surface area contributed by atoms with E-state index in [9.17, 15) is 4.79 Å². The Bertz CT molecular complexity index is 994. The minimum Gasteiger partial charge on any atom is -0.492 e. The molecule has 2 aliphatic carbocycles. The maximum atomic E-state index is 13.4. The molecule has 0 heterocycles. The van der Waals surface area contributed by atoms with Gasteiger partial charge in [-0.2, -0.15) is 0 Å². The van der Waals surface area contributed by atoms with Crippen molar-refractivity contribution >= 4 is 38.9 Å². The molecule has 0 amide bonds. The van der Waals surface area contributed by atoms with Crippen molar-refractivity contribution in [3.05, 3.63) is 67.7 Å². The van der Waals surface area contributed by atoms with Gasteiger partial charge in [-0.3, -0.25) is 4.79 Å². The van der Waals surface area contributed by atoms with Crippen molar-refractivity contribution in [2.45, 2.75) is 32.1 Å². The molecule has 0 saturated heterocycles. The van der Waals surface area contributed by atoms with Gasteiger partial charge in [0.2, 0.25) is 0 Å². The van der Waals surface area contributed by atoms with E-state index in [1.165, 1.54) is 0 Å². The van der Waals surface area contributed by atoms with E-state index in [-0.39, 0.29) is 23.3 Å². The molecule has 0 atom stereocenters. The lowest BCUT2D eigenvalue weighted by Gasteiger charge is -2.35. The van der Waals surface area contributed by atoms with Crippen LogP contribution in [0.5, 0.6) is 5.75 Å². The summed E-state index contributed by atoms with van der Waals surface area (Å²) >= 11 is 10.00. The second-order valence-corrected chi connectivity index (χ2v) is 8.77. The molecular formula is C22H22BrClO4. The van der Waals surface area contributed by atoms with Crippen LogP contribution in [0.1, 0.15) is 47.3 Å². The lowest BCUT2D eigenvalue weighted by atomic mass is 9.68. The number of aliphatic hydroxyl groups is 1. The average Bonchev–Trinajstić information content (AvgIpc) is 3.03. The number of carbonyl (C=O) groups excluding carboxylic acids is 1. The molecule has 4 nitrogen and oxygen atoms in total. The zero-order chi connectivity index (χ0) is 19.3. The Morgan fingerprint density at radius 1 is 1.29 bits per heavy atom. The van der Waals surface area contributed by atoms with E-state index >= 15 is 0 Å². The predicted octanol–water partition coefficient (Wildman–Crippen LogP) is 4.52. The maximum Gasteiger partial charge on any atom is 0.194 e. The standard InChI is InChI=1S/C22H20BrClO3.H2O/c1-22(2)14-11-18(27-8-4-7-25)16(23)10-13(14)21(26)20-15(22)9-12-5-3-6-17(24)19(12)20;/h3,5-6,10-11,25H,4,7-9H2,1-2H3;1H2. The first-order chi connectivity index (χ1) is 12.9.